The second kappa shape index (κ2) is 14.7. The first kappa shape index (κ1) is 28.7. The molecular formula is C25H32N4O6S. The van der Waals surface area contributed by atoms with Crippen LogP contribution in [0.2, 0.25) is 0 Å². The maximum Gasteiger partial charge on any atom is 0.322 e. The fourth-order valence-electron chi connectivity index (χ4n) is 3.35. The van der Waals surface area contributed by atoms with Crippen molar-refractivity contribution in [1.29, 1.82) is 0 Å². The molecule has 2 aromatic carbocycles. The highest BCUT2D eigenvalue weighted by Crippen LogP contribution is 2.12. The van der Waals surface area contributed by atoms with Crippen molar-refractivity contribution in [1.82, 2.24) is 16.0 Å². The Labute approximate surface area is 214 Å². The van der Waals surface area contributed by atoms with Crippen molar-refractivity contribution in [3.8, 4) is 5.75 Å². The molecule has 36 heavy (non-hydrogen) atoms. The summed E-state index contributed by atoms with van der Waals surface area (Å²) in [4.78, 5) is 49.6. The van der Waals surface area contributed by atoms with Crippen molar-refractivity contribution < 1.29 is 29.4 Å². The fraction of sp³-hybridized carbons (Fsp3) is 0.360. The van der Waals surface area contributed by atoms with Gasteiger partial charge in [0.2, 0.25) is 17.7 Å². The van der Waals surface area contributed by atoms with Crippen LogP contribution in [0.5, 0.6) is 5.75 Å². The molecular weight excluding hydrogens is 484 g/mol. The second-order valence-corrected chi connectivity index (χ2v) is 9.17. The number of carboxylic acids is 1. The summed E-state index contributed by atoms with van der Waals surface area (Å²) in [7, 11) is 0. The highest BCUT2D eigenvalue weighted by molar-refractivity contribution is 7.98. The molecule has 7 N–H and O–H groups in total. The number of aliphatic carboxylic acids is 1. The Morgan fingerprint density at radius 2 is 1.42 bits per heavy atom. The molecule has 0 saturated heterocycles. The number of carboxylic acid groups (broad SMARTS) is 1. The van der Waals surface area contributed by atoms with E-state index >= 15 is 0 Å². The number of benzene rings is 2. The summed E-state index contributed by atoms with van der Waals surface area (Å²) < 4.78 is 0. The topological polar surface area (TPSA) is 171 Å². The van der Waals surface area contributed by atoms with Gasteiger partial charge in [-0.1, -0.05) is 42.5 Å². The molecule has 0 fully saturated rings. The lowest BCUT2D eigenvalue weighted by atomic mass is 10.0. The summed E-state index contributed by atoms with van der Waals surface area (Å²) in [5.41, 5.74) is 7.40. The number of thioether (sulfide) groups is 1. The number of hydrogen-bond acceptors (Lipinski definition) is 7. The van der Waals surface area contributed by atoms with Crippen molar-refractivity contribution in [3.05, 3.63) is 65.7 Å². The zero-order chi connectivity index (χ0) is 26.5. The first-order chi connectivity index (χ1) is 17.2. The van der Waals surface area contributed by atoms with E-state index in [1.165, 1.54) is 12.1 Å². The Hall–Kier alpha value is -3.57. The van der Waals surface area contributed by atoms with Crippen LogP contribution in [0.1, 0.15) is 17.5 Å². The molecule has 2 aromatic rings. The van der Waals surface area contributed by atoms with Crippen LogP contribution >= 0.6 is 11.8 Å². The van der Waals surface area contributed by atoms with Crippen molar-refractivity contribution in [3.63, 3.8) is 0 Å². The molecule has 0 aromatic heterocycles. The lowest BCUT2D eigenvalue weighted by Crippen LogP contribution is -2.57. The van der Waals surface area contributed by atoms with E-state index in [9.17, 15) is 24.3 Å². The molecule has 0 spiro atoms. The van der Waals surface area contributed by atoms with E-state index in [4.69, 9.17) is 10.8 Å². The number of carbonyl (C=O) groups excluding carboxylic acids is 3. The standard InChI is InChI=1S/C25H32N4O6S/c1-36-12-11-19(26)23(33)28-21(14-17-7-9-18(30)10-8-17)25(35)29-20(24(34)27-15-22(31)32)13-16-5-3-2-4-6-16/h2-10,19-21,30H,11-15,26H2,1H3,(H,27,34)(H,28,33)(H,29,35)(H,31,32). The largest absolute Gasteiger partial charge is 0.508 e. The van der Waals surface area contributed by atoms with Crippen molar-refractivity contribution in [2.45, 2.75) is 37.4 Å². The van der Waals surface area contributed by atoms with E-state index < -0.39 is 48.4 Å². The van der Waals surface area contributed by atoms with Gasteiger partial charge >= 0.3 is 5.97 Å². The average molecular weight is 517 g/mol. The van der Waals surface area contributed by atoms with Crippen LogP contribution in [0.3, 0.4) is 0 Å². The molecule has 0 aliphatic rings. The number of carbonyl (C=O) groups is 4. The number of rotatable bonds is 14. The molecule has 0 aliphatic carbocycles. The highest BCUT2D eigenvalue weighted by Gasteiger charge is 2.28. The highest BCUT2D eigenvalue weighted by atomic mass is 32.2. The maximum atomic E-state index is 13.3. The van der Waals surface area contributed by atoms with Crippen LogP contribution in [0.15, 0.2) is 54.6 Å². The number of nitrogens with two attached hydrogens (primary N) is 1. The predicted molar refractivity (Wildman–Crippen MR) is 137 cm³/mol. The summed E-state index contributed by atoms with van der Waals surface area (Å²) >= 11 is 1.55. The molecule has 0 heterocycles. The quantitative estimate of drug-likeness (QED) is 0.210. The average Bonchev–Trinajstić information content (AvgIpc) is 2.86. The van der Waals surface area contributed by atoms with Gasteiger partial charge in [-0.2, -0.15) is 11.8 Å². The number of hydrogen-bond donors (Lipinski definition) is 6. The molecule has 10 nitrogen and oxygen atoms in total. The van der Waals surface area contributed by atoms with E-state index in [2.05, 4.69) is 16.0 Å². The van der Waals surface area contributed by atoms with Crippen LogP contribution in [-0.2, 0) is 32.0 Å². The third-order valence-electron chi connectivity index (χ3n) is 5.31. The number of phenols is 1. The van der Waals surface area contributed by atoms with Gasteiger partial charge in [-0.3, -0.25) is 19.2 Å². The van der Waals surface area contributed by atoms with Gasteiger partial charge in [0.25, 0.3) is 0 Å². The summed E-state index contributed by atoms with van der Waals surface area (Å²) in [5.74, 6) is -2.28. The Morgan fingerprint density at radius 3 is 2.00 bits per heavy atom. The molecule has 2 rings (SSSR count). The minimum absolute atomic E-state index is 0.0564. The minimum Gasteiger partial charge on any atom is -0.508 e. The third-order valence-corrected chi connectivity index (χ3v) is 5.95. The molecule has 3 amide bonds. The minimum atomic E-state index is -1.22. The fourth-order valence-corrected chi connectivity index (χ4v) is 3.84. The van der Waals surface area contributed by atoms with Gasteiger partial charge in [-0.05, 0) is 41.7 Å². The molecule has 3 atom stereocenters. The Balaban J connectivity index is 2.23. The van der Waals surface area contributed by atoms with Gasteiger partial charge < -0.3 is 31.9 Å². The third kappa shape index (κ3) is 9.96. The zero-order valence-corrected chi connectivity index (χ0v) is 20.8. The summed E-state index contributed by atoms with van der Waals surface area (Å²) in [6.45, 7) is -0.599. The molecule has 0 aliphatic heterocycles. The van der Waals surface area contributed by atoms with E-state index in [0.29, 0.717) is 17.7 Å². The predicted octanol–water partition coefficient (Wildman–Crippen LogP) is 0.428. The Kier molecular flexibility index (Phi) is 11.7. The van der Waals surface area contributed by atoms with E-state index in [1.807, 2.05) is 12.3 Å². The van der Waals surface area contributed by atoms with Gasteiger partial charge in [0.1, 0.15) is 24.4 Å². The van der Waals surface area contributed by atoms with Gasteiger partial charge in [0.15, 0.2) is 0 Å². The molecule has 0 bridgehead atoms. The van der Waals surface area contributed by atoms with Gasteiger partial charge in [-0.15, -0.1) is 0 Å². The SMILES string of the molecule is CSCCC(N)C(=O)NC(Cc1ccc(O)cc1)C(=O)NC(Cc1ccccc1)C(=O)NCC(=O)O. The lowest BCUT2D eigenvalue weighted by molar-refractivity contribution is -0.138. The summed E-state index contributed by atoms with van der Waals surface area (Å²) in [5, 5.41) is 26.1. The Bertz CT molecular complexity index is 1020. The van der Waals surface area contributed by atoms with Crippen LogP contribution in [0.25, 0.3) is 0 Å². The Morgan fingerprint density at radius 1 is 0.861 bits per heavy atom. The monoisotopic (exact) mass is 516 g/mol. The number of amides is 3. The molecule has 0 radical (unpaired) electrons. The molecule has 194 valence electrons. The number of nitrogens with one attached hydrogen (secondary N) is 3. The van der Waals surface area contributed by atoms with Crippen LogP contribution in [-0.4, -0.2) is 70.6 Å². The molecule has 11 heteroatoms. The summed E-state index contributed by atoms with van der Waals surface area (Å²) in [6.07, 6.45) is 2.52. The molecule has 3 unspecified atom stereocenters. The van der Waals surface area contributed by atoms with Crippen LogP contribution < -0.4 is 21.7 Å². The maximum absolute atomic E-state index is 13.3. The van der Waals surface area contributed by atoms with E-state index in [-0.39, 0.29) is 18.6 Å². The van der Waals surface area contributed by atoms with E-state index in [1.54, 1.807) is 48.2 Å². The second-order valence-electron chi connectivity index (χ2n) is 8.18. The van der Waals surface area contributed by atoms with Crippen molar-refractivity contribution >= 4 is 35.5 Å². The smallest absolute Gasteiger partial charge is 0.322 e. The molecule has 0 saturated carbocycles. The summed E-state index contributed by atoms with van der Waals surface area (Å²) in [6, 6.07) is 12.2. The first-order valence-electron chi connectivity index (χ1n) is 11.4. The normalized spacial score (nSPS) is 13.2. The zero-order valence-electron chi connectivity index (χ0n) is 20.0. The van der Waals surface area contributed by atoms with Crippen LogP contribution in [0, 0.1) is 0 Å². The van der Waals surface area contributed by atoms with Gasteiger partial charge in [-0.25, -0.2) is 0 Å². The first-order valence-corrected chi connectivity index (χ1v) is 12.8. The van der Waals surface area contributed by atoms with E-state index in [0.717, 1.165) is 5.56 Å². The van der Waals surface area contributed by atoms with Crippen molar-refractivity contribution in [2.24, 2.45) is 5.73 Å². The number of aromatic hydroxyl groups is 1. The van der Waals surface area contributed by atoms with Gasteiger partial charge in [0.05, 0.1) is 6.04 Å². The lowest BCUT2D eigenvalue weighted by Gasteiger charge is -2.24. The van der Waals surface area contributed by atoms with Crippen LogP contribution in [0.4, 0.5) is 0 Å². The van der Waals surface area contributed by atoms with Crippen molar-refractivity contribution in [2.75, 3.05) is 18.6 Å². The van der Waals surface area contributed by atoms with Gasteiger partial charge in [0, 0.05) is 12.8 Å². The number of phenolic OH excluding ortho intramolecular Hbond substituents is 1.